The lowest BCUT2D eigenvalue weighted by atomic mass is 10.1. The van der Waals surface area contributed by atoms with Crippen LogP contribution in [0.15, 0.2) is 18.2 Å². The highest BCUT2D eigenvalue weighted by Crippen LogP contribution is 2.23. The molecule has 0 aliphatic carbocycles. The Balaban J connectivity index is 1.92. The molecule has 1 N–H and O–H groups in total. The number of aromatic nitrogens is 2. The van der Waals surface area contributed by atoms with E-state index in [0.29, 0.717) is 27.7 Å². The van der Waals surface area contributed by atoms with Crippen LogP contribution in [0.2, 0.25) is 5.02 Å². The van der Waals surface area contributed by atoms with Crippen LogP contribution in [0.5, 0.6) is 5.75 Å². The predicted molar refractivity (Wildman–Crippen MR) is 94.0 cm³/mol. The van der Waals surface area contributed by atoms with Gasteiger partial charge in [-0.1, -0.05) is 11.6 Å². The lowest BCUT2D eigenvalue weighted by Crippen LogP contribution is -2.22. The number of nitrogens with zero attached hydrogens (tertiary/aromatic N) is 2. The highest BCUT2D eigenvalue weighted by Gasteiger charge is 2.15. The minimum absolute atomic E-state index is 0.0397. The number of ether oxygens (including phenoxy) is 2. The van der Waals surface area contributed by atoms with E-state index in [9.17, 15) is 9.59 Å². The van der Waals surface area contributed by atoms with Crippen molar-refractivity contribution in [3.05, 3.63) is 40.2 Å². The smallest absolute Gasteiger partial charge is 0.310 e. The fraction of sp³-hybridized carbons (Fsp3) is 0.353. The molecule has 2 aromatic rings. The topological polar surface area (TPSA) is 82.4 Å². The number of hydrogen-bond acceptors (Lipinski definition) is 5. The Labute approximate surface area is 150 Å². The van der Waals surface area contributed by atoms with Crippen LogP contribution in [0.4, 0.5) is 5.69 Å². The summed E-state index contributed by atoms with van der Waals surface area (Å²) in [6.45, 7) is 3.25. The van der Waals surface area contributed by atoms with Crippen molar-refractivity contribution in [2.45, 2.75) is 20.3 Å². The number of rotatable bonds is 6. The van der Waals surface area contributed by atoms with Gasteiger partial charge < -0.3 is 14.8 Å². The summed E-state index contributed by atoms with van der Waals surface area (Å²) in [6, 6.07) is 4.97. The van der Waals surface area contributed by atoms with Crippen LogP contribution in [0, 0.1) is 13.8 Å². The molecular formula is C17H20ClN3O4. The number of esters is 1. The standard InChI is InChI=1S/C17H20ClN3O4/c1-10-17(11(2)21(3)20-10)19-15(22)9-25-16(23)8-12-7-13(18)5-6-14(12)24-4/h5-7H,8-9H2,1-4H3,(H,19,22). The van der Waals surface area contributed by atoms with Crippen LogP contribution in [0.3, 0.4) is 0 Å². The van der Waals surface area contributed by atoms with Gasteiger partial charge in [0.1, 0.15) is 5.75 Å². The number of anilines is 1. The zero-order chi connectivity index (χ0) is 18.6. The second kappa shape index (κ2) is 8.02. The molecule has 0 saturated carbocycles. The van der Waals surface area contributed by atoms with E-state index in [1.165, 1.54) is 7.11 Å². The van der Waals surface area contributed by atoms with Crippen molar-refractivity contribution in [3.63, 3.8) is 0 Å². The van der Waals surface area contributed by atoms with E-state index in [1.807, 2.05) is 6.92 Å². The van der Waals surface area contributed by atoms with Gasteiger partial charge in [-0.2, -0.15) is 5.10 Å². The third-order valence-corrected chi connectivity index (χ3v) is 3.95. The maximum absolute atomic E-state index is 12.0. The molecular weight excluding hydrogens is 346 g/mol. The largest absolute Gasteiger partial charge is 0.496 e. The lowest BCUT2D eigenvalue weighted by Gasteiger charge is -2.09. The maximum Gasteiger partial charge on any atom is 0.310 e. The van der Waals surface area contributed by atoms with E-state index in [-0.39, 0.29) is 13.0 Å². The minimum Gasteiger partial charge on any atom is -0.496 e. The monoisotopic (exact) mass is 365 g/mol. The molecule has 1 heterocycles. The third-order valence-electron chi connectivity index (χ3n) is 3.71. The van der Waals surface area contributed by atoms with Crippen molar-refractivity contribution in [1.82, 2.24) is 9.78 Å². The van der Waals surface area contributed by atoms with E-state index in [4.69, 9.17) is 21.1 Å². The third kappa shape index (κ3) is 4.73. The number of benzene rings is 1. The normalized spacial score (nSPS) is 10.4. The molecule has 134 valence electrons. The minimum atomic E-state index is -0.546. The molecule has 0 bridgehead atoms. The van der Waals surface area contributed by atoms with Gasteiger partial charge in [-0.25, -0.2) is 0 Å². The van der Waals surface area contributed by atoms with Gasteiger partial charge in [0, 0.05) is 17.6 Å². The Morgan fingerprint density at radius 1 is 1.32 bits per heavy atom. The predicted octanol–water partition coefficient (Wildman–Crippen LogP) is 2.42. The number of aryl methyl sites for hydroxylation is 2. The molecule has 1 aromatic heterocycles. The summed E-state index contributed by atoms with van der Waals surface area (Å²) in [7, 11) is 3.29. The molecule has 0 unspecified atom stereocenters. The number of methoxy groups -OCH3 is 1. The molecule has 7 nitrogen and oxygen atoms in total. The summed E-state index contributed by atoms with van der Waals surface area (Å²) >= 11 is 5.93. The molecule has 0 atom stereocenters. The van der Waals surface area contributed by atoms with Gasteiger partial charge in [0.15, 0.2) is 6.61 Å². The van der Waals surface area contributed by atoms with Crippen molar-refractivity contribution in [2.24, 2.45) is 7.05 Å². The van der Waals surface area contributed by atoms with Gasteiger partial charge in [-0.05, 0) is 32.0 Å². The van der Waals surface area contributed by atoms with Gasteiger partial charge >= 0.3 is 5.97 Å². The Morgan fingerprint density at radius 2 is 2.04 bits per heavy atom. The van der Waals surface area contributed by atoms with Crippen molar-refractivity contribution in [1.29, 1.82) is 0 Å². The molecule has 1 amide bonds. The summed E-state index contributed by atoms with van der Waals surface area (Å²) in [5.41, 5.74) is 2.74. The first-order chi connectivity index (χ1) is 11.8. The highest BCUT2D eigenvalue weighted by molar-refractivity contribution is 6.30. The first-order valence-electron chi connectivity index (χ1n) is 7.60. The van der Waals surface area contributed by atoms with E-state index in [0.717, 1.165) is 5.69 Å². The summed E-state index contributed by atoms with van der Waals surface area (Å²) in [5, 5.41) is 7.40. The van der Waals surface area contributed by atoms with E-state index in [1.54, 1.807) is 36.9 Å². The van der Waals surface area contributed by atoms with Gasteiger partial charge in [0.05, 0.1) is 30.6 Å². The van der Waals surface area contributed by atoms with Crippen molar-refractivity contribution in [2.75, 3.05) is 19.0 Å². The van der Waals surface area contributed by atoms with Crippen LogP contribution in [0.1, 0.15) is 17.0 Å². The van der Waals surface area contributed by atoms with E-state index >= 15 is 0 Å². The summed E-state index contributed by atoms with van der Waals surface area (Å²) in [4.78, 5) is 24.0. The fourth-order valence-corrected chi connectivity index (χ4v) is 2.56. The number of carbonyl (C=O) groups is 2. The van der Waals surface area contributed by atoms with Crippen molar-refractivity contribution >= 4 is 29.2 Å². The Hall–Kier alpha value is -2.54. The van der Waals surface area contributed by atoms with Gasteiger partial charge in [-0.15, -0.1) is 0 Å². The number of hydrogen-bond donors (Lipinski definition) is 1. The molecule has 0 aliphatic rings. The first kappa shape index (κ1) is 18.8. The van der Waals surface area contributed by atoms with Crippen molar-refractivity contribution in [3.8, 4) is 5.75 Å². The van der Waals surface area contributed by atoms with Crippen molar-refractivity contribution < 1.29 is 19.1 Å². The zero-order valence-corrected chi connectivity index (χ0v) is 15.3. The molecule has 2 rings (SSSR count). The van der Waals surface area contributed by atoms with E-state index < -0.39 is 11.9 Å². The van der Waals surface area contributed by atoms with Gasteiger partial charge in [-0.3, -0.25) is 14.3 Å². The molecule has 0 fully saturated rings. The SMILES string of the molecule is COc1ccc(Cl)cc1CC(=O)OCC(=O)Nc1c(C)nn(C)c1C. The molecule has 25 heavy (non-hydrogen) atoms. The van der Waals surface area contributed by atoms with Crippen LogP contribution < -0.4 is 10.1 Å². The molecule has 0 aliphatic heterocycles. The van der Waals surface area contributed by atoms with Crippen LogP contribution in [0.25, 0.3) is 0 Å². The molecule has 0 spiro atoms. The Kier molecular flexibility index (Phi) is 6.03. The Bertz CT molecular complexity index is 801. The Morgan fingerprint density at radius 3 is 2.64 bits per heavy atom. The highest BCUT2D eigenvalue weighted by atomic mass is 35.5. The molecule has 1 aromatic carbocycles. The molecule has 8 heteroatoms. The first-order valence-corrected chi connectivity index (χ1v) is 7.97. The second-order valence-corrected chi connectivity index (χ2v) is 5.95. The summed E-state index contributed by atoms with van der Waals surface area (Å²) in [5.74, 6) is -0.437. The number of amides is 1. The fourth-order valence-electron chi connectivity index (χ4n) is 2.37. The van der Waals surface area contributed by atoms with Crippen LogP contribution in [-0.4, -0.2) is 35.4 Å². The average molecular weight is 366 g/mol. The average Bonchev–Trinajstić information content (AvgIpc) is 2.79. The second-order valence-electron chi connectivity index (χ2n) is 5.51. The summed E-state index contributed by atoms with van der Waals surface area (Å²) < 4.78 is 11.9. The van der Waals surface area contributed by atoms with Crippen LogP contribution in [-0.2, 0) is 27.8 Å². The van der Waals surface area contributed by atoms with Gasteiger partial charge in [0.25, 0.3) is 5.91 Å². The zero-order valence-electron chi connectivity index (χ0n) is 14.6. The maximum atomic E-state index is 12.0. The number of carbonyl (C=O) groups excluding carboxylic acids is 2. The molecule has 0 radical (unpaired) electrons. The van der Waals surface area contributed by atoms with Gasteiger partial charge in [0.2, 0.25) is 0 Å². The lowest BCUT2D eigenvalue weighted by molar-refractivity contribution is -0.146. The quantitative estimate of drug-likeness (QED) is 0.795. The molecule has 0 saturated heterocycles. The number of halogens is 1. The summed E-state index contributed by atoms with van der Waals surface area (Å²) in [6.07, 6.45) is -0.0397. The van der Waals surface area contributed by atoms with Crippen LogP contribution >= 0.6 is 11.6 Å². The van der Waals surface area contributed by atoms with E-state index in [2.05, 4.69) is 10.4 Å². The number of nitrogens with one attached hydrogen (secondary N) is 1.